The van der Waals surface area contributed by atoms with Gasteiger partial charge in [-0.1, -0.05) is 42.0 Å². The molecule has 0 amide bonds. The van der Waals surface area contributed by atoms with Gasteiger partial charge < -0.3 is 5.73 Å². The predicted octanol–water partition coefficient (Wildman–Crippen LogP) is 3.35. The second-order valence-electron chi connectivity index (χ2n) is 4.97. The van der Waals surface area contributed by atoms with Crippen molar-refractivity contribution in [1.82, 2.24) is 4.90 Å². The highest BCUT2D eigenvalue weighted by Gasteiger charge is 2.07. The van der Waals surface area contributed by atoms with Crippen LogP contribution >= 0.6 is 0 Å². The van der Waals surface area contributed by atoms with Crippen molar-refractivity contribution in [3.63, 3.8) is 0 Å². The molecule has 0 spiro atoms. The number of benzene rings is 2. The van der Waals surface area contributed by atoms with Crippen LogP contribution in [0.3, 0.4) is 0 Å². The van der Waals surface area contributed by atoms with Gasteiger partial charge in [-0.05, 0) is 31.2 Å². The standard InChI is InChI=1S/C16H19FN2/c1-12-6-8-13(9-7-12)10-19(2)11-14-4-3-5-15(17)16(14)18/h3-9H,10-11,18H2,1-2H3. The van der Waals surface area contributed by atoms with Gasteiger partial charge in [-0.2, -0.15) is 0 Å². The van der Waals surface area contributed by atoms with Crippen molar-refractivity contribution in [3.05, 3.63) is 65.0 Å². The summed E-state index contributed by atoms with van der Waals surface area (Å²) < 4.78 is 13.4. The van der Waals surface area contributed by atoms with Crippen molar-refractivity contribution in [2.75, 3.05) is 12.8 Å². The summed E-state index contributed by atoms with van der Waals surface area (Å²) in [6.45, 7) is 3.52. The minimum Gasteiger partial charge on any atom is -0.396 e. The fourth-order valence-corrected chi connectivity index (χ4v) is 2.07. The molecule has 0 aromatic heterocycles. The number of anilines is 1. The topological polar surface area (TPSA) is 29.3 Å². The zero-order valence-corrected chi connectivity index (χ0v) is 11.4. The van der Waals surface area contributed by atoms with Crippen molar-refractivity contribution >= 4 is 5.69 Å². The fraction of sp³-hybridized carbons (Fsp3) is 0.250. The van der Waals surface area contributed by atoms with Crippen LogP contribution in [0.15, 0.2) is 42.5 Å². The Morgan fingerprint density at radius 3 is 2.42 bits per heavy atom. The van der Waals surface area contributed by atoms with Crippen LogP contribution in [-0.2, 0) is 13.1 Å². The highest BCUT2D eigenvalue weighted by molar-refractivity contribution is 5.47. The van der Waals surface area contributed by atoms with Gasteiger partial charge in [0, 0.05) is 13.1 Å². The summed E-state index contributed by atoms with van der Waals surface area (Å²) in [6, 6.07) is 13.4. The summed E-state index contributed by atoms with van der Waals surface area (Å²) in [5.74, 6) is -0.346. The van der Waals surface area contributed by atoms with Gasteiger partial charge in [0.1, 0.15) is 5.82 Å². The van der Waals surface area contributed by atoms with Crippen LogP contribution in [0, 0.1) is 12.7 Å². The molecule has 0 atom stereocenters. The van der Waals surface area contributed by atoms with E-state index in [4.69, 9.17) is 5.73 Å². The maximum Gasteiger partial charge on any atom is 0.146 e. The molecule has 0 saturated carbocycles. The van der Waals surface area contributed by atoms with E-state index in [0.29, 0.717) is 6.54 Å². The quantitative estimate of drug-likeness (QED) is 0.852. The van der Waals surface area contributed by atoms with Gasteiger partial charge in [-0.15, -0.1) is 0 Å². The van der Waals surface area contributed by atoms with E-state index in [-0.39, 0.29) is 11.5 Å². The summed E-state index contributed by atoms with van der Waals surface area (Å²) in [5, 5.41) is 0. The minimum absolute atomic E-state index is 0.248. The number of halogens is 1. The Morgan fingerprint density at radius 2 is 1.74 bits per heavy atom. The van der Waals surface area contributed by atoms with Crippen LogP contribution < -0.4 is 5.73 Å². The van der Waals surface area contributed by atoms with Crippen LogP contribution in [0.5, 0.6) is 0 Å². The van der Waals surface area contributed by atoms with Gasteiger partial charge in [0.15, 0.2) is 0 Å². The first-order valence-electron chi connectivity index (χ1n) is 6.33. The summed E-state index contributed by atoms with van der Waals surface area (Å²) in [6.07, 6.45) is 0. The number of hydrogen-bond acceptors (Lipinski definition) is 2. The van der Waals surface area contributed by atoms with Gasteiger partial charge in [0.25, 0.3) is 0 Å². The average molecular weight is 258 g/mol. The molecule has 3 heteroatoms. The van der Waals surface area contributed by atoms with E-state index < -0.39 is 0 Å². The first kappa shape index (κ1) is 13.6. The van der Waals surface area contributed by atoms with Crippen LogP contribution in [0.2, 0.25) is 0 Å². The van der Waals surface area contributed by atoms with Crippen molar-refractivity contribution in [1.29, 1.82) is 0 Å². The number of para-hydroxylation sites is 1. The summed E-state index contributed by atoms with van der Waals surface area (Å²) in [4.78, 5) is 2.12. The normalized spacial score (nSPS) is 10.9. The fourth-order valence-electron chi connectivity index (χ4n) is 2.07. The molecule has 0 aliphatic carbocycles. The predicted molar refractivity (Wildman–Crippen MR) is 77.2 cm³/mol. The molecule has 0 aliphatic rings. The molecule has 0 radical (unpaired) electrons. The van der Waals surface area contributed by atoms with Crippen molar-refractivity contribution < 1.29 is 4.39 Å². The van der Waals surface area contributed by atoms with Crippen LogP contribution in [0.4, 0.5) is 10.1 Å². The number of nitrogens with two attached hydrogens (primary N) is 1. The Labute approximate surface area is 113 Å². The number of rotatable bonds is 4. The van der Waals surface area contributed by atoms with Crippen LogP contribution in [-0.4, -0.2) is 11.9 Å². The molecule has 0 bridgehead atoms. The third kappa shape index (κ3) is 3.55. The molecule has 0 fully saturated rings. The number of nitrogens with zero attached hydrogens (tertiary/aromatic N) is 1. The zero-order chi connectivity index (χ0) is 13.8. The molecule has 2 aromatic carbocycles. The molecular weight excluding hydrogens is 239 g/mol. The molecule has 2 N–H and O–H groups in total. The first-order valence-corrected chi connectivity index (χ1v) is 6.33. The Hall–Kier alpha value is -1.87. The third-order valence-corrected chi connectivity index (χ3v) is 3.16. The van der Waals surface area contributed by atoms with Crippen LogP contribution in [0.25, 0.3) is 0 Å². The smallest absolute Gasteiger partial charge is 0.146 e. The molecule has 2 aromatic rings. The van der Waals surface area contributed by atoms with Gasteiger partial charge in [0.2, 0.25) is 0 Å². The Bertz CT molecular complexity index is 549. The largest absolute Gasteiger partial charge is 0.396 e. The summed E-state index contributed by atoms with van der Waals surface area (Å²) >= 11 is 0. The van der Waals surface area contributed by atoms with Gasteiger partial charge in [0.05, 0.1) is 5.69 Å². The maximum absolute atomic E-state index is 13.4. The zero-order valence-electron chi connectivity index (χ0n) is 11.4. The van der Waals surface area contributed by atoms with E-state index >= 15 is 0 Å². The highest BCUT2D eigenvalue weighted by Crippen LogP contribution is 2.18. The molecule has 100 valence electrons. The second-order valence-corrected chi connectivity index (χ2v) is 4.97. The van der Waals surface area contributed by atoms with Crippen molar-refractivity contribution in [2.24, 2.45) is 0 Å². The number of aryl methyl sites for hydroxylation is 1. The van der Waals surface area contributed by atoms with E-state index in [1.807, 2.05) is 13.1 Å². The monoisotopic (exact) mass is 258 g/mol. The molecular formula is C16H19FN2. The Balaban J connectivity index is 2.03. The molecule has 0 heterocycles. The lowest BCUT2D eigenvalue weighted by molar-refractivity contribution is 0.319. The van der Waals surface area contributed by atoms with E-state index in [9.17, 15) is 4.39 Å². The van der Waals surface area contributed by atoms with Gasteiger partial charge in [-0.25, -0.2) is 4.39 Å². The molecule has 2 nitrogen and oxygen atoms in total. The lowest BCUT2D eigenvalue weighted by Gasteiger charge is -2.18. The highest BCUT2D eigenvalue weighted by atomic mass is 19.1. The first-order chi connectivity index (χ1) is 9.06. The molecule has 0 saturated heterocycles. The van der Waals surface area contributed by atoms with Gasteiger partial charge in [-0.3, -0.25) is 4.90 Å². The van der Waals surface area contributed by atoms with E-state index in [1.54, 1.807) is 6.07 Å². The molecule has 19 heavy (non-hydrogen) atoms. The lowest BCUT2D eigenvalue weighted by atomic mass is 10.1. The lowest BCUT2D eigenvalue weighted by Crippen LogP contribution is -2.18. The number of hydrogen-bond donors (Lipinski definition) is 1. The van der Waals surface area contributed by atoms with Crippen molar-refractivity contribution in [3.8, 4) is 0 Å². The van der Waals surface area contributed by atoms with E-state index in [0.717, 1.165) is 12.1 Å². The number of nitrogen functional groups attached to an aromatic ring is 1. The SMILES string of the molecule is Cc1ccc(CN(C)Cc2cccc(F)c2N)cc1. The third-order valence-electron chi connectivity index (χ3n) is 3.16. The second kappa shape index (κ2) is 5.85. The molecule has 0 unspecified atom stereocenters. The van der Waals surface area contributed by atoms with E-state index in [1.165, 1.54) is 17.2 Å². The summed E-state index contributed by atoms with van der Waals surface area (Å²) in [7, 11) is 2.00. The Morgan fingerprint density at radius 1 is 1.05 bits per heavy atom. The van der Waals surface area contributed by atoms with E-state index in [2.05, 4.69) is 36.1 Å². The van der Waals surface area contributed by atoms with Gasteiger partial charge >= 0.3 is 0 Å². The average Bonchev–Trinajstić information content (AvgIpc) is 2.38. The van der Waals surface area contributed by atoms with Crippen molar-refractivity contribution in [2.45, 2.75) is 20.0 Å². The maximum atomic E-state index is 13.4. The molecule has 0 aliphatic heterocycles. The summed E-state index contributed by atoms with van der Waals surface area (Å²) in [5.41, 5.74) is 9.31. The molecule has 2 rings (SSSR count). The minimum atomic E-state index is -0.346. The Kier molecular flexibility index (Phi) is 4.17. The van der Waals surface area contributed by atoms with Crippen LogP contribution in [0.1, 0.15) is 16.7 Å².